The van der Waals surface area contributed by atoms with Gasteiger partial charge in [-0.2, -0.15) is 0 Å². The number of ether oxygens (including phenoxy) is 1. The number of nitrogens with zero attached hydrogens (tertiary/aromatic N) is 1. The van der Waals surface area contributed by atoms with E-state index in [2.05, 4.69) is 5.16 Å². The molecule has 0 radical (unpaired) electrons. The average Bonchev–Trinajstić information content (AvgIpc) is 2.82. The molecule has 0 N–H and O–H groups in total. The summed E-state index contributed by atoms with van der Waals surface area (Å²) >= 11 is 0. The normalized spacial score (nSPS) is 17.6. The SMILES string of the molecule is CCOC(=O)c1onc2c1CCCCCCCCCC2. The van der Waals surface area contributed by atoms with E-state index < -0.39 is 0 Å². The van der Waals surface area contributed by atoms with Crippen LogP contribution < -0.4 is 0 Å². The first kappa shape index (κ1) is 15.1. The molecule has 0 fully saturated rings. The Hall–Kier alpha value is -1.32. The Morgan fingerprint density at radius 3 is 2.30 bits per heavy atom. The summed E-state index contributed by atoms with van der Waals surface area (Å²) in [6, 6.07) is 0. The molecule has 0 unspecified atom stereocenters. The summed E-state index contributed by atoms with van der Waals surface area (Å²) in [5.74, 6) is -0.0350. The van der Waals surface area contributed by atoms with Gasteiger partial charge in [-0.1, -0.05) is 43.7 Å². The predicted molar refractivity (Wildman–Crippen MR) is 76.8 cm³/mol. The van der Waals surface area contributed by atoms with Crippen LogP contribution in [0.25, 0.3) is 0 Å². The number of aryl methyl sites for hydroxylation is 1. The smallest absolute Gasteiger partial charge is 0.377 e. The zero-order chi connectivity index (χ0) is 14.2. The lowest BCUT2D eigenvalue weighted by molar-refractivity contribution is 0.0478. The first-order valence-electron chi connectivity index (χ1n) is 7.97. The van der Waals surface area contributed by atoms with Gasteiger partial charge in [0.1, 0.15) is 0 Å². The first-order chi connectivity index (χ1) is 9.83. The van der Waals surface area contributed by atoms with Gasteiger partial charge in [0, 0.05) is 5.56 Å². The summed E-state index contributed by atoms with van der Waals surface area (Å²) in [5, 5.41) is 4.11. The van der Waals surface area contributed by atoms with Crippen LogP contribution in [-0.4, -0.2) is 17.7 Å². The topological polar surface area (TPSA) is 52.3 Å². The zero-order valence-corrected chi connectivity index (χ0v) is 12.5. The van der Waals surface area contributed by atoms with Gasteiger partial charge in [-0.25, -0.2) is 4.79 Å². The van der Waals surface area contributed by atoms with Gasteiger partial charge in [0.2, 0.25) is 5.76 Å². The van der Waals surface area contributed by atoms with Gasteiger partial charge >= 0.3 is 5.97 Å². The second kappa shape index (κ2) is 8.08. The third-order valence-corrected chi connectivity index (χ3v) is 3.92. The molecule has 2 rings (SSSR count). The molecule has 0 aromatic carbocycles. The molecule has 4 heteroatoms. The molecule has 0 atom stereocenters. The number of aromatic nitrogens is 1. The van der Waals surface area contributed by atoms with E-state index in [0.717, 1.165) is 36.9 Å². The molecule has 112 valence electrons. The largest absolute Gasteiger partial charge is 0.460 e. The molecule has 20 heavy (non-hydrogen) atoms. The minimum atomic E-state index is -0.367. The Bertz CT molecular complexity index is 425. The predicted octanol–water partition coefficient (Wildman–Crippen LogP) is 4.07. The van der Waals surface area contributed by atoms with Crippen molar-refractivity contribution in [2.24, 2.45) is 0 Å². The van der Waals surface area contributed by atoms with Crippen molar-refractivity contribution in [2.45, 2.75) is 71.1 Å². The highest BCUT2D eigenvalue weighted by Crippen LogP contribution is 2.22. The van der Waals surface area contributed by atoms with Crippen LogP contribution in [0, 0.1) is 0 Å². The summed E-state index contributed by atoms with van der Waals surface area (Å²) in [7, 11) is 0. The summed E-state index contributed by atoms with van der Waals surface area (Å²) < 4.78 is 10.3. The molecule has 0 aliphatic heterocycles. The van der Waals surface area contributed by atoms with Crippen molar-refractivity contribution in [1.29, 1.82) is 0 Å². The molecule has 0 saturated carbocycles. The molecule has 1 aromatic heterocycles. The summed E-state index contributed by atoms with van der Waals surface area (Å²) in [4.78, 5) is 11.9. The molecule has 4 nitrogen and oxygen atoms in total. The number of carbonyl (C=O) groups excluding carboxylic acids is 1. The van der Waals surface area contributed by atoms with Gasteiger partial charge < -0.3 is 9.26 Å². The number of hydrogen-bond acceptors (Lipinski definition) is 4. The van der Waals surface area contributed by atoms with Crippen molar-refractivity contribution in [2.75, 3.05) is 6.61 Å². The highest BCUT2D eigenvalue weighted by atomic mass is 16.6. The van der Waals surface area contributed by atoms with E-state index in [1.54, 1.807) is 6.92 Å². The van der Waals surface area contributed by atoms with Gasteiger partial charge in [-0.05, 0) is 32.6 Å². The van der Waals surface area contributed by atoms with E-state index in [1.807, 2.05) is 0 Å². The molecule has 1 heterocycles. The van der Waals surface area contributed by atoms with Crippen LogP contribution in [0.2, 0.25) is 0 Å². The molecule has 1 aromatic rings. The third kappa shape index (κ3) is 4.09. The lowest BCUT2D eigenvalue weighted by Gasteiger charge is -2.07. The fraction of sp³-hybridized carbons (Fsp3) is 0.750. The van der Waals surface area contributed by atoms with Crippen LogP contribution >= 0.6 is 0 Å². The van der Waals surface area contributed by atoms with E-state index in [4.69, 9.17) is 9.26 Å². The molecular weight excluding hydrogens is 254 g/mol. The van der Waals surface area contributed by atoms with Crippen molar-refractivity contribution in [1.82, 2.24) is 5.16 Å². The second-order valence-electron chi connectivity index (χ2n) is 5.49. The maximum Gasteiger partial charge on any atom is 0.377 e. The van der Waals surface area contributed by atoms with Crippen LogP contribution in [-0.2, 0) is 17.6 Å². The van der Waals surface area contributed by atoms with Gasteiger partial charge in [0.25, 0.3) is 0 Å². The Kier molecular flexibility index (Phi) is 6.09. The van der Waals surface area contributed by atoms with Gasteiger partial charge in [0.15, 0.2) is 0 Å². The van der Waals surface area contributed by atoms with Gasteiger partial charge in [0.05, 0.1) is 12.3 Å². The monoisotopic (exact) mass is 279 g/mol. The lowest BCUT2D eigenvalue weighted by atomic mass is 9.98. The fourth-order valence-electron chi connectivity index (χ4n) is 2.81. The third-order valence-electron chi connectivity index (χ3n) is 3.92. The van der Waals surface area contributed by atoms with E-state index in [-0.39, 0.29) is 5.97 Å². The molecule has 0 saturated heterocycles. The maximum absolute atomic E-state index is 11.9. The van der Waals surface area contributed by atoms with Crippen LogP contribution in [0.4, 0.5) is 0 Å². The molecular formula is C16H25NO3. The van der Waals surface area contributed by atoms with E-state index in [9.17, 15) is 4.79 Å². The van der Waals surface area contributed by atoms with Crippen LogP contribution in [0.15, 0.2) is 4.52 Å². The Morgan fingerprint density at radius 1 is 1.05 bits per heavy atom. The molecule has 1 aliphatic rings. The average molecular weight is 279 g/mol. The highest BCUT2D eigenvalue weighted by Gasteiger charge is 2.22. The van der Waals surface area contributed by atoms with Crippen molar-refractivity contribution in [3.63, 3.8) is 0 Å². The van der Waals surface area contributed by atoms with E-state index >= 15 is 0 Å². The summed E-state index contributed by atoms with van der Waals surface area (Å²) in [5.41, 5.74) is 1.96. The second-order valence-corrected chi connectivity index (χ2v) is 5.49. The standard InChI is InChI=1S/C16H25NO3/c1-2-19-16(18)15-13-11-9-7-5-3-4-6-8-10-12-14(13)17-20-15/h2-12H2,1H3. The van der Waals surface area contributed by atoms with Crippen molar-refractivity contribution in [3.05, 3.63) is 17.0 Å². The van der Waals surface area contributed by atoms with Gasteiger partial charge in [-0.3, -0.25) is 0 Å². The number of fused-ring (bicyclic) bond motifs is 1. The Morgan fingerprint density at radius 2 is 1.65 bits per heavy atom. The summed E-state index contributed by atoms with van der Waals surface area (Å²) in [6.07, 6.45) is 11.7. The minimum Gasteiger partial charge on any atom is -0.460 e. The molecule has 0 bridgehead atoms. The first-order valence-corrected chi connectivity index (χ1v) is 7.97. The fourth-order valence-corrected chi connectivity index (χ4v) is 2.81. The maximum atomic E-state index is 11.9. The van der Waals surface area contributed by atoms with Gasteiger partial charge in [-0.15, -0.1) is 0 Å². The molecule has 0 amide bonds. The van der Waals surface area contributed by atoms with E-state index in [1.165, 1.54) is 38.5 Å². The van der Waals surface area contributed by atoms with Crippen LogP contribution in [0.3, 0.4) is 0 Å². The number of carbonyl (C=O) groups is 1. The lowest BCUT2D eigenvalue weighted by Crippen LogP contribution is -2.07. The molecule has 1 aliphatic carbocycles. The number of hydrogen-bond donors (Lipinski definition) is 0. The van der Waals surface area contributed by atoms with E-state index in [0.29, 0.717) is 12.4 Å². The highest BCUT2D eigenvalue weighted by molar-refractivity contribution is 5.88. The Labute approximate surface area is 120 Å². The van der Waals surface area contributed by atoms with Crippen molar-refractivity contribution in [3.8, 4) is 0 Å². The molecule has 0 spiro atoms. The summed E-state index contributed by atoms with van der Waals surface area (Å²) in [6.45, 7) is 2.18. The van der Waals surface area contributed by atoms with Crippen LogP contribution in [0.5, 0.6) is 0 Å². The van der Waals surface area contributed by atoms with Crippen molar-refractivity contribution < 1.29 is 14.1 Å². The Balaban J connectivity index is 2.11. The zero-order valence-electron chi connectivity index (χ0n) is 12.5. The van der Waals surface area contributed by atoms with Crippen LogP contribution in [0.1, 0.15) is 80.1 Å². The number of rotatable bonds is 2. The minimum absolute atomic E-state index is 0.332. The van der Waals surface area contributed by atoms with Crippen molar-refractivity contribution >= 4 is 5.97 Å². The number of esters is 1. The quantitative estimate of drug-likeness (QED) is 0.766.